The van der Waals surface area contributed by atoms with E-state index in [2.05, 4.69) is 4.99 Å². The number of methoxy groups -OCH3 is 1. The summed E-state index contributed by atoms with van der Waals surface area (Å²) in [4.78, 5) is 47.2. The minimum atomic E-state index is -0.524. The Kier molecular flexibility index (Phi) is 8.58. The van der Waals surface area contributed by atoms with Crippen LogP contribution in [-0.2, 0) is 23.9 Å². The average Bonchev–Trinajstić information content (AvgIpc) is 3.29. The number of nitrogens with zero attached hydrogens (tertiary/aromatic N) is 3. The molecule has 37 heavy (non-hydrogen) atoms. The van der Waals surface area contributed by atoms with Crippen LogP contribution < -0.4 is 4.74 Å². The number of amidine groups is 1. The Morgan fingerprint density at radius 3 is 2.68 bits per heavy atom. The van der Waals surface area contributed by atoms with Crippen LogP contribution in [0.2, 0.25) is 0 Å². The first-order chi connectivity index (χ1) is 17.9. The van der Waals surface area contributed by atoms with Gasteiger partial charge in [-0.2, -0.15) is 0 Å². The third-order valence-corrected chi connectivity index (χ3v) is 7.52. The smallest absolute Gasteiger partial charge is 0.338 e. The maximum absolute atomic E-state index is 13.4. The Morgan fingerprint density at radius 2 is 1.95 bits per heavy atom. The van der Waals surface area contributed by atoms with Crippen molar-refractivity contribution < 1.29 is 28.6 Å². The van der Waals surface area contributed by atoms with Crippen molar-refractivity contribution in [3.05, 3.63) is 52.2 Å². The van der Waals surface area contributed by atoms with Crippen LogP contribution >= 0.6 is 11.8 Å². The topological polar surface area (TPSA) is 97.7 Å². The Bertz CT molecular complexity index is 1160. The van der Waals surface area contributed by atoms with Gasteiger partial charge in [-0.05, 0) is 56.7 Å². The Balaban J connectivity index is 1.62. The molecule has 0 saturated carbocycles. The van der Waals surface area contributed by atoms with Gasteiger partial charge in [0.2, 0.25) is 5.91 Å². The van der Waals surface area contributed by atoms with Crippen LogP contribution in [0.1, 0.15) is 51.6 Å². The van der Waals surface area contributed by atoms with Gasteiger partial charge in [-0.25, -0.2) is 9.79 Å². The SMILES string of the molecule is CCOC(=O)C1=C(C)N=C2SC=C(CC(=O)N3CCC[C@@H](C(=O)OCC)C3)N2[C@@H]1c1cccc(OC)c1. The molecule has 9 nitrogen and oxygen atoms in total. The van der Waals surface area contributed by atoms with Crippen molar-refractivity contribution in [2.45, 2.75) is 46.1 Å². The quantitative estimate of drug-likeness (QED) is 0.468. The molecule has 3 aliphatic rings. The van der Waals surface area contributed by atoms with E-state index in [-0.39, 0.29) is 30.8 Å². The number of piperidine rings is 1. The van der Waals surface area contributed by atoms with Crippen LogP contribution in [0.25, 0.3) is 0 Å². The van der Waals surface area contributed by atoms with E-state index in [1.165, 1.54) is 11.8 Å². The van der Waals surface area contributed by atoms with Gasteiger partial charge in [0, 0.05) is 18.8 Å². The maximum Gasteiger partial charge on any atom is 0.338 e. The van der Waals surface area contributed by atoms with Gasteiger partial charge in [-0.15, -0.1) is 0 Å². The molecule has 0 N–H and O–H groups in total. The molecule has 0 spiro atoms. The molecule has 0 aromatic heterocycles. The highest BCUT2D eigenvalue weighted by atomic mass is 32.2. The summed E-state index contributed by atoms with van der Waals surface area (Å²) < 4.78 is 16.0. The number of hydrogen-bond donors (Lipinski definition) is 0. The minimum Gasteiger partial charge on any atom is -0.497 e. The van der Waals surface area contributed by atoms with Gasteiger partial charge in [-0.3, -0.25) is 9.59 Å². The van der Waals surface area contributed by atoms with Crippen molar-refractivity contribution in [3.63, 3.8) is 0 Å². The van der Waals surface area contributed by atoms with Crippen molar-refractivity contribution in [1.29, 1.82) is 0 Å². The van der Waals surface area contributed by atoms with E-state index in [1.54, 1.807) is 32.8 Å². The molecular weight excluding hydrogens is 494 g/mol. The summed E-state index contributed by atoms with van der Waals surface area (Å²) in [5, 5.41) is 2.61. The summed E-state index contributed by atoms with van der Waals surface area (Å²) in [5.41, 5.74) is 2.59. The average molecular weight is 528 g/mol. The van der Waals surface area contributed by atoms with Crippen molar-refractivity contribution in [3.8, 4) is 5.75 Å². The second-order valence-corrected chi connectivity index (χ2v) is 9.83. The number of allylic oxidation sites excluding steroid dienone is 1. The number of hydrogen-bond acceptors (Lipinski definition) is 9. The zero-order valence-corrected chi connectivity index (χ0v) is 22.5. The van der Waals surface area contributed by atoms with Crippen LogP contribution in [0.15, 0.2) is 51.6 Å². The number of thioether (sulfide) groups is 1. The third kappa shape index (κ3) is 5.69. The summed E-state index contributed by atoms with van der Waals surface area (Å²) in [7, 11) is 1.60. The zero-order valence-electron chi connectivity index (χ0n) is 21.7. The second-order valence-electron chi connectivity index (χ2n) is 9.00. The fourth-order valence-electron chi connectivity index (χ4n) is 4.89. The van der Waals surface area contributed by atoms with E-state index in [0.29, 0.717) is 41.9 Å². The molecular formula is C27H33N3O6S. The summed E-state index contributed by atoms with van der Waals surface area (Å²) in [5.74, 6) is -0.405. The normalized spacial score (nSPS) is 21.2. The lowest BCUT2D eigenvalue weighted by Crippen LogP contribution is -2.44. The molecule has 4 rings (SSSR count). The molecule has 0 bridgehead atoms. The monoisotopic (exact) mass is 527 g/mol. The van der Waals surface area contributed by atoms with Crippen LogP contribution in [-0.4, -0.2) is 66.2 Å². The van der Waals surface area contributed by atoms with Crippen molar-refractivity contribution in [2.24, 2.45) is 10.9 Å². The van der Waals surface area contributed by atoms with Crippen molar-refractivity contribution >= 4 is 34.8 Å². The first-order valence-corrected chi connectivity index (χ1v) is 13.5. The van der Waals surface area contributed by atoms with E-state index >= 15 is 0 Å². The highest BCUT2D eigenvalue weighted by molar-refractivity contribution is 8.16. The molecule has 1 saturated heterocycles. The Labute approximate surface area is 221 Å². The number of amides is 1. The molecule has 1 fully saturated rings. The Morgan fingerprint density at radius 1 is 1.16 bits per heavy atom. The van der Waals surface area contributed by atoms with E-state index in [4.69, 9.17) is 14.2 Å². The fourth-order valence-corrected chi connectivity index (χ4v) is 5.85. The first-order valence-electron chi connectivity index (χ1n) is 12.6. The number of benzene rings is 1. The number of ether oxygens (including phenoxy) is 3. The van der Waals surface area contributed by atoms with E-state index < -0.39 is 12.0 Å². The molecule has 1 amide bonds. The predicted molar refractivity (Wildman–Crippen MR) is 141 cm³/mol. The molecule has 198 valence electrons. The van der Waals surface area contributed by atoms with Crippen LogP contribution in [0.5, 0.6) is 5.75 Å². The lowest BCUT2D eigenvalue weighted by Gasteiger charge is -2.37. The summed E-state index contributed by atoms with van der Waals surface area (Å²) in [6, 6.07) is 7.01. The first kappa shape index (κ1) is 26.8. The standard InChI is InChI=1S/C27H33N3O6S/c1-5-35-25(32)19-10-8-12-29(15-19)22(31)14-20-16-37-27-28-17(3)23(26(33)36-6-2)24(30(20)27)18-9-7-11-21(13-18)34-4/h7,9,11,13,16,19,24H,5-6,8,10,12,14-15H2,1-4H3/t19-,24-/m1/s1. The molecule has 3 aliphatic heterocycles. The molecule has 0 unspecified atom stereocenters. The van der Waals surface area contributed by atoms with E-state index in [9.17, 15) is 14.4 Å². The van der Waals surface area contributed by atoms with Gasteiger partial charge in [0.05, 0.1) is 50.0 Å². The largest absolute Gasteiger partial charge is 0.497 e. The molecule has 3 heterocycles. The molecule has 2 atom stereocenters. The highest BCUT2D eigenvalue weighted by Gasteiger charge is 2.42. The van der Waals surface area contributed by atoms with Crippen molar-refractivity contribution in [1.82, 2.24) is 9.80 Å². The summed E-state index contributed by atoms with van der Waals surface area (Å²) >= 11 is 1.43. The third-order valence-electron chi connectivity index (χ3n) is 6.63. The predicted octanol–water partition coefficient (Wildman–Crippen LogP) is 4.03. The van der Waals surface area contributed by atoms with Gasteiger partial charge < -0.3 is 24.0 Å². The highest BCUT2D eigenvalue weighted by Crippen LogP contribution is 2.45. The van der Waals surface area contributed by atoms with Crippen LogP contribution in [0.3, 0.4) is 0 Å². The maximum atomic E-state index is 13.4. The number of likely N-dealkylation sites (tertiary alicyclic amines) is 1. The minimum absolute atomic E-state index is 0.0737. The van der Waals surface area contributed by atoms with Gasteiger partial charge in [-0.1, -0.05) is 23.9 Å². The van der Waals surface area contributed by atoms with E-state index in [0.717, 1.165) is 24.1 Å². The lowest BCUT2D eigenvalue weighted by atomic mass is 9.93. The lowest BCUT2D eigenvalue weighted by molar-refractivity contribution is -0.151. The van der Waals surface area contributed by atoms with Crippen LogP contribution in [0.4, 0.5) is 0 Å². The number of rotatable bonds is 8. The number of esters is 2. The number of fused-ring (bicyclic) bond motifs is 1. The van der Waals surface area contributed by atoms with Gasteiger partial charge in [0.15, 0.2) is 5.17 Å². The summed E-state index contributed by atoms with van der Waals surface area (Å²) in [6.07, 6.45) is 1.59. The Hall–Kier alpha value is -3.27. The van der Waals surface area contributed by atoms with Gasteiger partial charge in [0.25, 0.3) is 0 Å². The fraction of sp³-hybridized carbons (Fsp3) is 0.481. The number of aliphatic imine (C=N–C) groups is 1. The molecule has 0 radical (unpaired) electrons. The molecule has 1 aromatic carbocycles. The zero-order chi connectivity index (χ0) is 26.5. The van der Waals surface area contributed by atoms with Crippen LogP contribution in [0, 0.1) is 5.92 Å². The summed E-state index contributed by atoms with van der Waals surface area (Å²) in [6.45, 7) is 6.87. The molecule has 10 heteroatoms. The number of carbonyl (C=O) groups excluding carboxylic acids is 3. The second kappa shape index (κ2) is 11.9. The molecule has 1 aromatic rings. The van der Waals surface area contributed by atoms with Crippen molar-refractivity contribution in [2.75, 3.05) is 33.4 Å². The van der Waals surface area contributed by atoms with Gasteiger partial charge in [0.1, 0.15) is 5.75 Å². The molecule has 0 aliphatic carbocycles. The van der Waals surface area contributed by atoms with Gasteiger partial charge >= 0.3 is 11.9 Å². The number of carbonyl (C=O) groups is 3. The van der Waals surface area contributed by atoms with E-state index in [1.807, 2.05) is 34.6 Å².